The van der Waals surface area contributed by atoms with Crippen LogP contribution in [0, 0.1) is 11.7 Å². The van der Waals surface area contributed by atoms with Crippen LogP contribution >= 0.6 is 7.82 Å². The number of hydrogen-bond donors (Lipinski definition) is 2. The van der Waals surface area contributed by atoms with Crippen LogP contribution in [0.5, 0.6) is 0 Å². The maximum Gasteiger partial charge on any atom is 0.472 e. The number of hydrogen-bond acceptors (Lipinski definition) is 6. The molecule has 0 spiro atoms. The normalized spacial score (nSPS) is 14.3. The van der Waals surface area contributed by atoms with Crippen molar-refractivity contribution in [3.8, 4) is 0 Å². The number of ether oxygens (including phenoxy) is 2. The molecule has 0 fully saturated rings. The first-order valence-corrected chi connectivity index (χ1v) is 19.4. The molecule has 0 aliphatic heterocycles. The van der Waals surface area contributed by atoms with Gasteiger partial charge in [0.2, 0.25) is 6.20 Å². The highest BCUT2D eigenvalue weighted by Gasteiger charge is 2.25. The van der Waals surface area contributed by atoms with Gasteiger partial charge >= 0.3 is 13.8 Å². The summed E-state index contributed by atoms with van der Waals surface area (Å²) in [6.45, 7) is 5.39. The number of aliphatic carboxylic acids is 1. The van der Waals surface area contributed by atoms with Gasteiger partial charge in [0.05, 0.1) is 13.2 Å². The van der Waals surface area contributed by atoms with Crippen molar-refractivity contribution < 1.29 is 46.8 Å². The van der Waals surface area contributed by atoms with E-state index in [1.807, 2.05) is 0 Å². The van der Waals surface area contributed by atoms with Crippen molar-refractivity contribution in [2.24, 2.45) is 5.92 Å². The number of carboxylic acid groups (broad SMARTS) is 1. The van der Waals surface area contributed by atoms with Crippen LogP contribution in [-0.4, -0.2) is 55.1 Å². The van der Waals surface area contributed by atoms with Gasteiger partial charge in [-0.15, -0.1) is 0 Å². The van der Waals surface area contributed by atoms with Crippen molar-refractivity contribution in [3.63, 3.8) is 0 Å². The Labute approximate surface area is 278 Å². The number of nitrogens with zero attached hydrogens (tertiary/aromatic N) is 1. The molecule has 9 nitrogen and oxygen atoms in total. The highest BCUT2D eigenvalue weighted by atomic mass is 31.2. The van der Waals surface area contributed by atoms with Gasteiger partial charge in [0, 0.05) is 25.7 Å². The number of carboxylic acids is 1. The fourth-order valence-corrected chi connectivity index (χ4v) is 6.08. The van der Waals surface area contributed by atoms with Gasteiger partial charge in [-0.3, -0.25) is 13.8 Å². The van der Waals surface area contributed by atoms with Gasteiger partial charge in [0.25, 0.3) is 0 Å². The summed E-state index contributed by atoms with van der Waals surface area (Å²) >= 11 is 0. The molecular weight excluding hydrogens is 612 g/mol. The molecule has 0 saturated carbocycles. The Hall–Kier alpha value is -1.42. The molecule has 11 heteroatoms. The molecule has 2 N–H and O–H groups in total. The van der Waals surface area contributed by atoms with Crippen molar-refractivity contribution in [2.75, 3.05) is 33.0 Å². The molecule has 0 aliphatic rings. The zero-order chi connectivity index (χ0) is 33.7. The molecule has 0 aliphatic carbocycles. The van der Waals surface area contributed by atoms with Crippen molar-refractivity contribution >= 4 is 13.8 Å². The van der Waals surface area contributed by atoms with Crippen molar-refractivity contribution in [1.29, 1.82) is 0 Å². The maximum atomic E-state index is 13.4. The van der Waals surface area contributed by atoms with Crippen LogP contribution in [0.1, 0.15) is 136 Å². The molecule has 1 aromatic heterocycles. The van der Waals surface area contributed by atoms with Crippen LogP contribution in [0.4, 0.5) is 4.39 Å². The van der Waals surface area contributed by atoms with Crippen LogP contribution in [0.3, 0.4) is 0 Å². The highest BCUT2D eigenvalue weighted by Crippen LogP contribution is 2.43. The summed E-state index contributed by atoms with van der Waals surface area (Å²) in [5, 5.41) is 8.90. The molecule has 1 heterocycles. The first-order chi connectivity index (χ1) is 22.3. The first kappa shape index (κ1) is 42.6. The number of phosphoric acid groups is 1. The Morgan fingerprint density at radius 3 is 2.02 bits per heavy atom. The van der Waals surface area contributed by atoms with E-state index in [1.165, 1.54) is 113 Å². The first-order valence-electron chi connectivity index (χ1n) is 17.9. The van der Waals surface area contributed by atoms with Crippen LogP contribution in [0.2, 0.25) is 0 Å². The summed E-state index contributed by atoms with van der Waals surface area (Å²) in [5.41, 5.74) is 0. The lowest BCUT2D eigenvalue weighted by molar-refractivity contribution is -0.699. The van der Waals surface area contributed by atoms with E-state index in [4.69, 9.17) is 23.6 Å². The SMILES string of the molecule is CCCCCCCCCCC(CCCCCCCC)COCC(COP(=O)(O)OCC[n+]1cccc(F)c1)OCCCCC(=O)O. The summed E-state index contributed by atoms with van der Waals surface area (Å²) in [5.74, 6) is -0.816. The van der Waals surface area contributed by atoms with Gasteiger partial charge in [-0.05, 0) is 37.7 Å². The molecule has 0 radical (unpaired) electrons. The van der Waals surface area contributed by atoms with E-state index >= 15 is 0 Å². The third-order valence-electron chi connectivity index (χ3n) is 8.08. The second kappa shape index (κ2) is 28.6. The van der Waals surface area contributed by atoms with E-state index in [0.717, 1.165) is 12.8 Å². The van der Waals surface area contributed by atoms with Gasteiger partial charge in [0.1, 0.15) is 12.7 Å². The summed E-state index contributed by atoms with van der Waals surface area (Å²) < 4.78 is 49.8. The maximum absolute atomic E-state index is 13.4. The fourth-order valence-electron chi connectivity index (χ4n) is 5.34. The van der Waals surface area contributed by atoms with Crippen LogP contribution in [0.15, 0.2) is 24.5 Å². The van der Waals surface area contributed by atoms with Gasteiger partial charge in [0.15, 0.2) is 18.6 Å². The van der Waals surface area contributed by atoms with Gasteiger partial charge in [-0.25, -0.2) is 13.5 Å². The molecule has 268 valence electrons. The van der Waals surface area contributed by atoms with Crippen LogP contribution in [0.25, 0.3) is 0 Å². The Morgan fingerprint density at radius 1 is 0.826 bits per heavy atom. The number of unbranched alkanes of at least 4 members (excludes halogenated alkanes) is 13. The predicted octanol–water partition coefficient (Wildman–Crippen LogP) is 8.80. The van der Waals surface area contributed by atoms with Crippen molar-refractivity contribution in [3.05, 3.63) is 30.3 Å². The highest BCUT2D eigenvalue weighted by molar-refractivity contribution is 7.47. The largest absolute Gasteiger partial charge is 0.481 e. The topological polar surface area (TPSA) is 115 Å². The minimum atomic E-state index is -4.38. The second-order valence-corrected chi connectivity index (χ2v) is 13.9. The third-order valence-corrected chi connectivity index (χ3v) is 9.06. The minimum absolute atomic E-state index is 0.0584. The summed E-state index contributed by atoms with van der Waals surface area (Å²) in [4.78, 5) is 21.1. The number of aromatic nitrogens is 1. The van der Waals surface area contributed by atoms with E-state index in [1.54, 1.807) is 6.20 Å². The van der Waals surface area contributed by atoms with Crippen molar-refractivity contribution in [2.45, 2.75) is 148 Å². The molecule has 0 aromatic carbocycles. The zero-order valence-electron chi connectivity index (χ0n) is 28.8. The van der Waals surface area contributed by atoms with E-state index in [0.29, 0.717) is 25.4 Å². The molecule has 3 unspecified atom stereocenters. The number of rotatable bonds is 33. The summed E-state index contributed by atoms with van der Waals surface area (Å²) in [6.07, 6.45) is 23.5. The summed E-state index contributed by atoms with van der Waals surface area (Å²) in [6, 6.07) is 2.85. The molecule has 1 rings (SSSR count). The zero-order valence-corrected chi connectivity index (χ0v) is 29.7. The molecule has 0 saturated heterocycles. The van der Waals surface area contributed by atoms with E-state index in [9.17, 15) is 18.6 Å². The average molecular weight is 677 g/mol. The minimum Gasteiger partial charge on any atom is -0.481 e. The third kappa shape index (κ3) is 25.6. The lowest BCUT2D eigenvalue weighted by Crippen LogP contribution is -2.35. The van der Waals surface area contributed by atoms with E-state index in [-0.39, 0.29) is 39.4 Å². The Bertz CT molecular complexity index is 924. The number of halogens is 1. The molecule has 0 amide bonds. The average Bonchev–Trinajstić information content (AvgIpc) is 3.01. The molecule has 1 aromatic rings. The quantitative estimate of drug-likeness (QED) is 0.0431. The predicted molar refractivity (Wildman–Crippen MR) is 179 cm³/mol. The molecule has 0 bridgehead atoms. The van der Waals surface area contributed by atoms with Crippen LogP contribution in [-0.2, 0) is 34.4 Å². The second-order valence-electron chi connectivity index (χ2n) is 12.4. The van der Waals surface area contributed by atoms with Crippen molar-refractivity contribution in [1.82, 2.24) is 0 Å². The molecule has 46 heavy (non-hydrogen) atoms. The smallest absolute Gasteiger partial charge is 0.472 e. The van der Waals surface area contributed by atoms with Crippen LogP contribution < -0.4 is 4.57 Å². The van der Waals surface area contributed by atoms with E-state index < -0.39 is 25.7 Å². The number of carbonyl (C=O) groups is 1. The molecular formula is C35H64FNO8P+. The lowest BCUT2D eigenvalue weighted by atomic mass is 9.94. The Balaban J connectivity index is 2.58. The standard InChI is InChI=1S/C35H63FNO8P/c1-3-5-7-9-11-12-14-16-21-32(20-15-13-10-8-6-4-2)29-42-30-34(43-26-18-17-23-35(38)39)31-45-46(40,41)44-27-25-37-24-19-22-33(36)28-37/h19,22,24,28,32,34H,3-18,20-21,23,25-27,29-31H2,1-2H3,(H-,38,39,40,41)/p+1. The Kier molecular flexibility index (Phi) is 26.5. The van der Waals surface area contributed by atoms with E-state index in [2.05, 4.69) is 13.8 Å². The van der Waals surface area contributed by atoms with Gasteiger partial charge in [-0.1, -0.05) is 104 Å². The fraction of sp³-hybridized carbons (Fsp3) is 0.829. The summed E-state index contributed by atoms with van der Waals surface area (Å²) in [7, 11) is -4.38. The lowest BCUT2D eigenvalue weighted by Gasteiger charge is -2.22. The number of pyridine rings is 1. The van der Waals surface area contributed by atoms with Gasteiger partial charge in [-0.2, -0.15) is 0 Å². The molecule has 3 atom stereocenters. The monoisotopic (exact) mass is 676 g/mol. The number of phosphoric ester groups is 1. The Morgan fingerprint density at radius 2 is 1.43 bits per heavy atom. The van der Waals surface area contributed by atoms with Gasteiger partial charge < -0.3 is 19.5 Å².